The molecule has 0 radical (unpaired) electrons. The van der Waals surface area contributed by atoms with Crippen LogP contribution in [0.3, 0.4) is 0 Å². The zero-order valence-corrected chi connectivity index (χ0v) is 11.6. The largest absolute Gasteiger partial charge is 0.393 e. The molecule has 86 valence electrons. The van der Waals surface area contributed by atoms with Crippen LogP contribution in [0.15, 0.2) is 22.7 Å². The number of halogens is 2. The summed E-state index contributed by atoms with van der Waals surface area (Å²) in [7, 11) is 0. The van der Waals surface area contributed by atoms with Crippen molar-refractivity contribution in [3.63, 3.8) is 0 Å². The maximum atomic E-state index is 11.7. The van der Waals surface area contributed by atoms with Gasteiger partial charge in [0.15, 0.2) is 0 Å². The van der Waals surface area contributed by atoms with Crippen LogP contribution in [0.4, 0.5) is 5.69 Å². The molecule has 3 nitrogen and oxygen atoms in total. The van der Waals surface area contributed by atoms with E-state index in [1.165, 1.54) is 0 Å². The van der Waals surface area contributed by atoms with E-state index in [-0.39, 0.29) is 10.9 Å². The van der Waals surface area contributed by atoms with Gasteiger partial charge in [0.1, 0.15) is 0 Å². The summed E-state index contributed by atoms with van der Waals surface area (Å²) in [5, 5.41) is 3.13. The fourth-order valence-corrected chi connectivity index (χ4v) is 1.60. The fourth-order valence-electron chi connectivity index (χ4n) is 0.963. The first-order valence-electron chi connectivity index (χ1n) is 4.47. The third-order valence-electron chi connectivity index (χ3n) is 2.01. The number of hydrogen-bond donors (Lipinski definition) is 2. The summed E-state index contributed by atoms with van der Waals surface area (Å²) in [6.07, 6.45) is 0. The Kier molecular flexibility index (Phi) is 4.70. The number of anilines is 1. The van der Waals surface area contributed by atoms with Gasteiger partial charge in [-0.15, -0.1) is 0 Å². The second kappa shape index (κ2) is 5.61. The molecule has 0 bridgehead atoms. The van der Waals surface area contributed by atoms with Gasteiger partial charge in [0.2, 0.25) is 5.91 Å². The normalized spacial score (nSPS) is 11.9. The summed E-state index contributed by atoms with van der Waals surface area (Å²) in [6, 6.07) is 5.19. The van der Waals surface area contributed by atoms with E-state index in [1.807, 2.05) is 0 Å². The molecule has 0 saturated heterocycles. The molecule has 1 atom stereocenters. The molecule has 0 heterocycles. The molecular weight excluding hydrogens is 312 g/mol. The van der Waals surface area contributed by atoms with Crippen molar-refractivity contribution in [3.8, 4) is 0 Å². The Labute approximate surface area is 112 Å². The minimum Gasteiger partial charge on any atom is -0.393 e. The average Bonchev–Trinajstić information content (AvgIpc) is 2.22. The van der Waals surface area contributed by atoms with E-state index >= 15 is 0 Å². The van der Waals surface area contributed by atoms with Crippen LogP contribution < -0.4 is 11.1 Å². The van der Waals surface area contributed by atoms with E-state index in [9.17, 15) is 4.79 Å². The molecule has 16 heavy (non-hydrogen) atoms. The monoisotopic (exact) mass is 320 g/mol. The Morgan fingerprint density at radius 1 is 1.62 bits per heavy atom. The molecule has 0 aliphatic heterocycles. The number of nitrogens with one attached hydrogen (secondary N) is 1. The Morgan fingerprint density at radius 3 is 2.81 bits per heavy atom. The fraction of sp³-hybridized carbons (Fsp3) is 0.200. The zero-order valence-electron chi connectivity index (χ0n) is 8.46. The topological polar surface area (TPSA) is 55.1 Å². The van der Waals surface area contributed by atoms with Gasteiger partial charge in [-0.3, -0.25) is 4.79 Å². The Morgan fingerprint density at radius 2 is 2.25 bits per heavy atom. The van der Waals surface area contributed by atoms with Crippen molar-refractivity contribution in [3.05, 3.63) is 27.7 Å². The molecule has 1 aromatic rings. The molecule has 3 N–H and O–H groups in total. The first-order valence-corrected chi connectivity index (χ1v) is 6.05. The van der Waals surface area contributed by atoms with Gasteiger partial charge in [-0.25, -0.2) is 0 Å². The molecule has 0 spiro atoms. The highest BCUT2D eigenvalue weighted by atomic mass is 79.9. The summed E-state index contributed by atoms with van der Waals surface area (Å²) in [4.78, 5) is 11.8. The van der Waals surface area contributed by atoms with Gasteiger partial charge in [0.25, 0.3) is 0 Å². The van der Waals surface area contributed by atoms with Crippen molar-refractivity contribution in [1.29, 1.82) is 0 Å². The third-order valence-corrected chi connectivity index (χ3v) is 3.18. The lowest BCUT2D eigenvalue weighted by Gasteiger charge is -2.11. The zero-order chi connectivity index (χ0) is 12.3. The SMILES string of the molecule is CC(C(=O)Nc1cc(Br)ccc1Cl)C(N)=S. The van der Waals surface area contributed by atoms with Crippen LogP contribution in [-0.4, -0.2) is 10.9 Å². The van der Waals surface area contributed by atoms with Crippen molar-refractivity contribution < 1.29 is 4.79 Å². The summed E-state index contributed by atoms with van der Waals surface area (Å²) >= 11 is 14.0. The number of carbonyl (C=O) groups excluding carboxylic acids is 1. The van der Waals surface area contributed by atoms with Gasteiger partial charge in [-0.05, 0) is 25.1 Å². The quantitative estimate of drug-likeness (QED) is 0.842. The van der Waals surface area contributed by atoms with E-state index in [0.29, 0.717) is 10.7 Å². The molecule has 0 fully saturated rings. The molecule has 0 aromatic heterocycles. The number of thiocarbonyl (C=S) groups is 1. The lowest BCUT2D eigenvalue weighted by molar-refractivity contribution is -0.117. The maximum Gasteiger partial charge on any atom is 0.234 e. The van der Waals surface area contributed by atoms with E-state index in [1.54, 1.807) is 25.1 Å². The van der Waals surface area contributed by atoms with Gasteiger partial charge < -0.3 is 11.1 Å². The van der Waals surface area contributed by atoms with Crippen LogP contribution in [0.5, 0.6) is 0 Å². The molecule has 1 amide bonds. The van der Waals surface area contributed by atoms with Crippen molar-refractivity contribution in [2.75, 3.05) is 5.32 Å². The van der Waals surface area contributed by atoms with E-state index in [0.717, 1.165) is 4.47 Å². The number of rotatable bonds is 3. The van der Waals surface area contributed by atoms with Crippen LogP contribution in [0.2, 0.25) is 5.02 Å². The Hall–Kier alpha value is -0.650. The van der Waals surface area contributed by atoms with Crippen LogP contribution >= 0.6 is 39.7 Å². The highest BCUT2D eigenvalue weighted by Crippen LogP contribution is 2.26. The molecule has 0 saturated carbocycles. The molecular formula is C10H10BrClN2OS. The highest BCUT2D eigenvalue weighted by molar-refractivity contribution is 9.10. The van der Waals surface area contributed by atoms with Gasteiger partial charge in [-0.2, -0.15) is 0 Å². The molecule has 6 heteroatoms. The summed E-state index contributed by atoms with van der Waals surface area (Å²) in [5.74, 6) is -0.794. The van der Waals surface area contributed by atoms with Gasteiger partial charge in [0.05, 0.1) is 21.6 Å². The van der Waals surface area contributed by atoms with Crippen LogP contribution in [0.1, 0.15) is 6.92 Å². The van der Waals surface area contributed by atoms with Crippen LogP contribution in [0, 0.1) is 5.92 Å². The maximum absolute atomic E-state index is 11.7. The van der Waals surface area contributed by atoms with E-state index in [2.05, 4.69) is 21.2 Å². The van der Waals surface area contributed by atoms with Crippen molar-refractivity contribution in [2.45, 2.75) is 6.92 Å². The lowest BCUT2D eigenvalue weighted by atomic mass is 10.1. The lowest BCUT2D eigenvalue weighted by Crippen LogP contribution is -2.30. The minimum atomic E-state index is -0.523. The third kappa shape index (κ3) is 3.43. The minimum absolute atomic E-state index is 0.156. The van der Waals surface area contributed by atoms with Crippen molar-refractivity contribution >= 4 is 56.3 Å². The van der Waals surface area contributed by atoms with Crippen LogP contribution in [0.25, 0.3) is 0 Å². The molecule has 0 aliphatic rings. The van der Waals surface area contributed by atoms with Gasteiger partial charge in [0, 0.05) is 4.47 Å². The number of benzene rings is 1. The van der Waals surface area contributed by atoms with Crippen LogP contribution in [-0.2, 0) is 4.79 Å². The van der Waals surface area contributed by atoms with Gasteiger partial charge in [-0.1, -0.05) is 39.7 Å². The van der Waals surface area contributed by atoms with E-state index < -0.39 is 5.92 Å². The second-order valence-electron chi connectivity index (χ2n) is 3.24. The molecule has 1 rings (SSSR count). The first kappa shape index (κ1) is 13.4. The Balaban J connectivity index is 2.84. The average molecular weight is 322 g/mol. The Bertz CT molecular complexity index is 439. The predicted octanol–water partition coefficient (Wildman–Crippen LogP) is 2.96. The van der Waals surface area contributed by atoms with E-state index in [4.69, 9.17) is 29.6 Å². The number of carbonyl (C=O) groups is 1. The smallest absolute Gasteiger partial charge is 0.234 e. The van der Waals surface area contributed by atoms with Gasteiger partial charge >= 0.3 is 0 Å². The molecule has 1 aromatic carbocycles. The number of amides is 1. The molecule has 1 unspecified atom stereocenters. The predicted molar refractivity (Wildman–Crippen MR) is 73.7 cm³/mol. The van der Waals surface area contributed by atoms with Crippen molar-refractivity contribution in [2.24, 2.45) is 11.7 Å². The number of hydrogen-bond acceptors (Lipinski definition) is 2. The summed E-state index contributed by atoms with van der Waals surface area (Å²) in [5.41, 5.74) is 5.92. The molecule has 0 aliphatic carbocycles. The number of nitrogens with two attached hydrogens (primary N) is 1. The standard InChI is InChI=1S/C10H10BrClN2OS/c1-5(9(13)16)10(15)14-8-4-6(11)2-3-7(8)12/h2-5H,1H3,(H2,13,16)(H,14,15). The second-order valence-corrected chi connectivity index (χ2v) is 5.03. The first-order chi connectivity index (χ1) is 7.41. The summed E-state index contributed by atoms with van der Waals surface area (Å²) < 4.78 is 0.829. The highest BCUT2D eigenvalue weighted by Gasteiger charge is 2.16. The van der Waals surface area contributed by atoms with Crippen molar-refractivity contribution in [1.82, 2.24) is 0 Å². The summed E-state index contributed by atoms with van der Waals surface area (Å²) in [6.45, 7) is 1.64.